The van der Waals surface area contributed by atoms with Gasteiger partial charge in [-0.15, -0.1) is 0 Å². The van der Waals surface area contributed by atoms with Gasteiger partial charge in [-0.05, 0) is 77.9 Å². The van der Waals surface area contributed by atoms with Gasteiger partial charge in [-0.3, -0.25) is 0 Å². The molecule has 0 amide bonds. The first-order valence-electron chi connectivity index (χ1n) is 22.6. The van der Waals surface area contributed by atoms with E-state index in [0.717, 1.165) is 89.1 Å². The lowest BCUT2D eigenvalue weighted by atomic mass is 9.74. The minimum absolute atomic E-state index is 0.687. The molecule has 0 fully saturated rings. The van der Waals surface area contributed by atoms with Crippen LogP contribution in [0.1, 0.15) is 55.6 Å². The second-order valence-corrected chi connectivity index (χ2v) is 16.9. The van der Waals surface area contributed by atoms with Crippen molar-refractivity contribution in [3.63, 3.8) is 0 Å². The molecule has 2 aliphatic rings. The summed E-state index contributed by atoms with van der Waals surface area (Å²) in [6.07, 6.45) is 0. The van der Waals surface area contributed by atoms with Gasteiger partial charge in [-0.1, -0.05) is 267 Å². The fourth-order valence-electron chi connectivity index (χ4n) is 10.4. The molecule has 0 saturated heterocycles. The Balaban J connectivity index is 1.22. The highest BCUT2D eigenvalue weighted by Crippen LogP contribution is 2.63. The Morgan fingerprint density at radius 2 is 0.333 bits per heavy atom. The lowest BCUT2D eigenvalue weighted by Gasteiger charge is -2.34. The van der Waals surface area contributed by atoms with Crippen LogP contribution in [-0.2, 0) is 11.2 Å². The van der Waals surface area contributed by atoms with Crippen molar-refractivity contribution in [1.82, 2.24) is 0 Å². The zero-order valence-corrected chi connectivity index (χ0v) is 36.3. The first kappa shape index (κ1) is 40.6. The van der Waals surface area contributed by atoms with Crippen molar-refractivity contribution in [3.05, 3.63) is 323 Å². The molecule has 2 N–H and O–H groups in total. The minimum Gasteiger partial charge on any atom is -0.376 e. The second kappa shape index (κ2) is 17.1. The molecule has 0 aromatic heterocycles. The first-order valence-corrected chi connectivity index (χ1v) is 22.6. The molecule has 0 radical (unpaired) electrons. The first-order chi connectivity index (χ1) is 32.6. The topological polar surface area (TPSA) is 40.5 Å². The number of aliphatic hydroxyl groups is 2. The summed E-state index contributed by atoms with van der Waals surface area (Å²) >= 11 is 0. The van der Waals surface area contributed by atoms with Crippen LogP contribution in [0.4, 0.5) is 0 Å². The summed E-state index contributed by atoms with van der Waals surface area (Å²) in [7, 11) is 0. The molecular weight excluding hydrogens is 801 g/mol. The monoisotopic (exact) mass is 846 g/mol. The van der Waals surface area contributed by atoms with E-state index in [9.17, 15) is 10.2 Å². The van der Waals surface area contributed by atoms with Gasteiger partial charge in [0.15, 0.2) is 0 Å². The summed E-state index contributed by atoms with van der Waals surface area (Å²) in [6.45, 7) is 0. The highest BCUT2D eigenvalue weighted by molar-refractivity contribution is 6.32. The van der Waals surface area contributed by atoms with Crippen LogP contribution < -0.4 is 0 Å². The Bertz CT molecular complexity index is 2860. The fraction of sp³-hybridized carbons (Fsp3) is 0.0312. The van der Waals surface area contributed by atoms with Gasteiger partial charge in [-0.2, -0.15) is 0 Å². The molecule has 0 atom stereocenters. The van der Waals surface area contributed by atoms with Gasteiger partial charge in [0.25, 0.3) is 0 Å². The SMILES string of the molecule is OC1(c2ccc(C3(O)C(c4ccccc4)=C(c4ccccc4)C(c4ccccc4)=C3c3ccccc3)cc2)C(c2ccccc2)=C(c2ccccc2)C(c2ccccc2)=C1c1ccccc1. The van der Waals surface area contributed by atoms with Crippen LogP contribution in [0.3, 0.4) is 0 Å². The average molecular weight is 847 g/mol. The van der Waals surface area contributed by atoms with Crippen LogP contribution in [-0.4, -0.2) is 10.2 Å². The molecule has 0 unspecified atom stereocenters. The van der Waals surface area contributed by atoms with Crippen LogP contribution in [0.2, 0.25) is 0 Å². The lowest BCUT2D eigenvalue weighted by Crippen LogP contribution is -2.30. The summed E-state index contributed by atoms with van der Waals surface area (Å²) in [5.41, 5.74) is 12.9. The number of benzene rings is 9. The molecular formula is C64H46O2. The third-order valence-corrected chi connectivity index (χ3v) is 13.2. The van der Waals surface area contributed by atoms with Crippen molar-refractivity contribution in [3.8, 4) is 0 Å². The standard InChI is InChI=1S/C64H46O2/c65-63(59(49-33-17-5-18-34-49)55(45-25-9-1-10-26-45)56(46-27-11-2-12-28-46)60(63)50-35-19-6-20-36-50)53-41-43-54(44-42-53)64(66)61(51-37-21-7-22-38-51)57(47-29-13-3-14-30-47)58(48-31-15-4-16-32-48)62(64)52-39-23-8-24-40-52/h1-44,65-66H. The van der Waals surface area contributed by atoms with E-state index < -0.39 is 11.2 Å². The lowest BCUT2D eigenvalue weighted by molar-refractivity contribution is 0.163. The molecule has 2 heteroatoms. The molecule has 0 spiro atoms. The van der Waals surface area contributed by atoms with Crippen LogP contribution in [0, 0.1) is 0 Å². The molecule has 9 aromatic rings. The van der Waals surface area contributed by atoms with E-state index in [0.29, 0.717) is 11.1 Å². The van der Waals surface area contributed by atoms with Crippen LogP contribution >= 0.6 is 0 Å². The van der Waals surface area contributed by atoms with Gasteiger partial charge in [-0.25, -0.2) is 0 Å². The molecule has 0 aliphatic heterocycles. The van der Waals surface area contributed by atoms with Gasteiger partial charge in [0.2, 0.25) is 0 Å². The average Bonchev–Trinajstić information content (AvgIpc) is 3.85. The molecule has 66 heavy (non-hydrogen) atoms. The van der Waals surface area contributed by atoms with E-state index in [-0.39, 0.29) is 0 Å². The Kier molecular flexibility index (Phi) is 10.5. The molecule has 11 rings (SSSR count). The quantitative estimate of drug-likeness (QED) is 0.144. The number of rotatable bonds is 10. The Labute approximate surface area is 386 Å². The third-order valence-electron chi connectivity index (χ3n) is 13.2. The number of hydrogen-bond donors (Lipinski definition) is 2. The van der Waals surface area contributed by atoms with Crippen molar-refractivity contribution < 1.29 is 10.2 Å². The predicted molar refractivity (Wildman–Crippen MR) is 273 cm³/mol. The highest BCUT2D eigenvalue weighted by Gasteiger charge is 2.51. The normalized spacial score (nSPS) is 15.4. The molecule has 0 heterocycles. The highest BCUT2D eigenvalue weighted by atomic mass is 16.3. The fourth-order valence-corrected chi connectivity index (χ4v) is 10.4. The smallest absolute Gasteiger partial charge is 0.142 e. The van der Waals surface area contributed by atoms with Crippen molar-refractivity contribution in [2.45, 2.75) is 11.2 Å². The van der Waals surface area contributed by atoms with E-state index in [4.69, 9.17) is 0 Å². The van der Waals surface area contributed by atoms with Crippen LogP contribution in [0.25, 0.3) is 44.6 Å². The molecule has 314 valence electrons. The van der Waals surface area contributed by atoms with Gasteiger partial charge in [0.1, 0.15) is 11.2 Å². The van der Waals surface area contributed by atoms with Gasteiger partial charge < -0.3 is 10.2 Å². The van der Waals surface area contributed by atoms with Gasteiger partial charge in [0, 0.05) is 22.3 Å². The zero-order chi connectivity index (χ0) is 44.5. The number of allylic oxidation sites excluding steroid dienone is 4. The maximum Gasteiger partial charge on any atom is 0.142 e. The van der Waals surface area contributed by atoms with Crippen LogP contribution in [0.5, 0.6) is 0 Å². The van der Waals surface area contributed by atoms with E-state index in [2.05, 4.69) is 146 Å². The molecule has 0 saturated carbocycles. The van der Waals surface area contributed by atoms with Crippen LogP contribution in [0.15, 0.2) is 267 Å². The van der Waals surface area contributed by atoms with Crippen molar-refractivity contribution in [2.24, 2.45) is 0 Å². The maximum atomic E-state index is 14.3. The Morgan fingerprint density at radius 1 is 0.182 bits per heavy atom. The van der Waals surface area contributed by atoms with E-state index >= 15 is 0 Å². The molecule has 0 bridgehead atoms. The predicted octanol–water partition coefficient (Wildman–Crippen LogP) is 14.5. The second-order valence-electron chi connectivity index (χ2n) is 16.9. The summed E-state index contributed by atoms with van der Waals surface area (Å²) < 4.78 is 0. The van der Waals surface area contributed by atoms with Crippen molar-refractivity contribution >= 4 is 44.6 Å². The summed E-state index contributed by atoms with van der Waals surface area (Å²) in [5, 5.41) is 28.6. The van der Waals surface area contributed by atoms with E-state index in [1.165, 1.54) is 0 Å². The van der Waals surface area contributed by atoms with Gasteiger partial charge in [0.05, 0.1) is 0 Å². The van der Waals surface area contributed by atoms with Crippen molar-refractivity contribution in [2.75, 3.05) is 0 Å². The summed E-state index contributed by atoms with van der Waals surface area (Å²) in [5.74, 6) is 0. The largest absolute Gasteiger partial charge is 0.376 e. The van der Waals surface area contributed by atoms with Crippen molar-refractivity contribution in [1.29, 1.82) is 0 Å². The molecule has 2 aliphatic carbocycles. The zero-order valence-electron chi connectivity index (χ0n) is 36.3. The summed E-state index contributed by atoms with van der Waals surface area (Å²) in [6, 6.07) is 91.0. The molecule has 9 aromatic carbocycles. The third kappa shape index (κ3) is 6.75. The van der Waals surface area contributed by atoms with Gasteiger partial charge >= 0.3 is 0 Å². The maximum absolute atomic E-state index is 14.3. The van der Waals surface area contributed by atoms with E-state index in [1.54, 1.807) is 0 Å². The Hall–Kier alpha value is -8.14. The minimum atomic E-state index is -1.64. The van der Waals surface area contributed by atoms with E-state index in [1.807, 2.05) is 121 Å². The molecule has 2 nitrogen and oxygen atoms in total. The Morgan fingerprint density at radius 3 is 0.500 bits per heavy atom. The summed E-state index contributed by atoms with van der Waals surface area (Å²) in [4.78, 5) is 0. The number of hydrogen-bond acceptors (Lipinski definition) is 2.